The molecule has 3 heteroatoms. The number of carbonyl (C=O) groups is 1. The SMILES string of the molecule is CCCCCCCCCCCCC(=O)CC[C@H](O)[C@H](C)N(Cc1ccccc1)Cc1ccccc1. The Morgan fingerprint density at radius 1 is 0.714 bits per heavy atom. The standard InChI is InChI=1S/C32H49NO2/c1-3-4-5-6-7-8-9-10-11-18-23-31(34)24-25-32(35)28(2)33(26-29-19-14-12-15-20-29)27-30-21-16-13-17-22-30/h12-17,19-22,28,32,35H,3-11,18,23-27H2,1-2H3/t28-,32-/m0/s1. The molecule has 0 bridgehead atoms. The minimum atomic E-state index is -0.515. The minimum absolute atomic E-state index is 0.0273. The van der Waals surface area contributed by atoms with Crippen LogP contribution in [0.15, 0.2) is 60.7 Å². The first-order chi connectivity index (χ1) is 17.1. The van der Waals surface area contributed by atoms with Crippen molar-refractivity contribution in [1.29, 1.82) is 0 Å². The zero-order chi connectivity index (χ0) is 25.1. The number of aliphatic hydroxyl groups excluding tert-OH is 1. The summed E-state index contributed by atoms with van der Waals surface area (Å²) in [7, 11) is 0. The number of unbranched alkanes of at least 4 members (excludes halogenated alkanes) is 9. The van der Waals surface area contributed by atoms with Crippen LogP contribution in [-0.2, 0) is 17.9 Å². The van der Waals surface area contributed by atoms with Crippen molar-refractivity contribution in [2.75, 3.05) is 0 Å². The Bertz CT molecular complexity index is 735. The van der Waals surface area contributed by atoms with Gasteiger partial charge in [-0.3, -0.25) is 9.69 Å². The Kier molecular flexibility index (Phi) is 15.3. The summed E-state index contributed by atoms with van der Waals surface area (Å²) in [6, 6.07) is 20.8. The van der Waals surface area contributed by atoms with Gasteiger partial charge in [-0.1, -0.05) is 125 Å². The van der Waals surface area contributed by atoms with Crippen LogP contribution in [0, 0.1) is 0 Å². The number of hydrogen-bond acceptors (Lipinski definition) is 3. The van der Waals surface area contributed by atoms with E-state index in [0.29, 0.717) is 25.0 Å². The molecule has 0 amide bonds. The molecule has 0 unspecified atom stereocenters. The second-order valence-electron chi connectivity index (χ2n) is 10.2. The van der Waals surface area contributed by atoms with Crippen molar-refractivity contribution in [3.8, 4) is 0 Å². The molecule has 1 N–H and O–H groups in total. The number of rotatable bonds is 20. The van der Waals surface area contributed by atoms with Crippen molar-refractivity contribution in [2.45, 2.75) is 123 Å². The fourth-order valence-electron chi connectivity index (χ4n) is 4.71. The van der Waals surface area contributed by atoms with Gasteiger partial charge in [0.1, 0.15) is 5.78 Å². The van der Waals surface area contributed by atoms with Gasteiger partial charge in [0, 0.05) is 32.0 Å². The molecule has 35 heavy (non-hydrogen) atoms. The van der Waals surface area contributed by atoms with Crippen molar-refractivity contribution in [3.63, 3.8) is 0 Å². The van der Waals surface area contributed by atoms with Crippen molar-refractivity contribution in [3.05, 3.63) is 71.8 Å². The second-order valence-corrected chi connectivity index (χ2v) is 10.2. The van der Waals surface area contributed by atoms with Gasteiger partial charge in [-0.05, 0) is 30.9 Å². The number of hydrogen-bond donors (Lipinski definition) is 1. The second kappa shape index (κ2) is 18.3. The van der Waals surface area contributed by atoms with Gasteiger partial charge in [0.15, 0.2) is 0 Å². The Balaban J connectivity index is 1.69. The maximum absolute atomic E-state index is 12.4. The molecule has 3 nitrogen and oxygen atoms in total. The summed E-state index contributed by atoms with van der Waals surface area (Å²) in [5.74, 6) is 0.300. The fraction of sp³-hybridized carbons (Fsp3) is 0.594. The van der Waals surface area contributed by atoms with E-state index in [1.807, 2.05) is 12.1 Å². The normalized spacial score (nSPS) is 13.1. The van der Waals surface area contributed by atoms with Crippen LogP contribution < -0.4 is 0 Å². The maximum Gasteiger partial charge on any atom is 0.133 e. The van der Waals surface area contributed by atoms with Crippen LogP contribution in [0.5, 0.6) is 0 Å². The minimum Gasteiger partial charge on any atom is -0.391 e. The molecule has 0 radical (unpaired) electrons. The quantitative estimate of drug-likeness (QED) is 0.195. The van der Waals surface area contributed by atoms with Crippen molar-refractivity contribution < 1.29 is 9.90 Å². The Morgan fingerprint density at radius 3 is 1.66 bits per heavy atom. The van der Waals surface area contributed by atoms with E-state index in [1.165, 1.54) is 62.5 Å². The van der Waals surface area contributed by atoms with Crippen LogP contribution in [0.4, 0.5) is 0 Å². The maximum atomic E-state index is 12.4. The number of benzene rings is 2. The molecule has 0 spiro atoms. The van der Waals surface area contributed by atoms with Gasteiger partial charge in [-0.15, -0.1) is 0 Å². The van der Waals surface area contributed by atoms with E-state index in [9.17, 15) is 9.90 Å². The van der Waals surface area contributed by atoms with E-state index < -0.39 is 6.10 Å². The lowest BCUT2D eigenvalue weighted by Crippen LogP contribution is -2.41. The average Bonchev–Trinajstić information content (AvgIpc) is 2.88. The lowest BCUT2D eigenvalue weighted by Gasteiger charge is -2.32. The highest BCUT2D eigenvalue weighted by atomic mass is 16.3. The monoisotopic (exact) mass is 479 g/mol. The van der Waals surface area contributed by atoms with Crippen LogP contribution >= 0.6 is 0 Å². The molecular weight excluding hydrogens is 430 g/mol. The number of aliphatic hydroxyl groups is 1. The molecule has 0 saturated carbocycles. The molecule has 2 aromatic carbocycles. The summed E-state index contributed by atoms with van der Waals surface area (Å²) in [6.45, 7) is 5.90. The predicted molar refractivity (Wildman–Crippen MR) is 148 cm³/mol. The van der Waals surface area contributed by atoms with Gasteiger partial charge >= 0.3 is 0 Å². The molecule has 0 aliphatic heterocycles. The highest BCUT2D eigenvalue weighted by Crippen LogP contribution is 2.18. The van der Waals surface area contributed by atoms with E-state index in [4.69, 9.17) is 0 Å². The van der Waals surface area contributed by atoms with Gasteiger partial charge in [0.2, 0.25) is 0 Å². The van der Waals surface area contributed by atoms with E-state index in [1.54, 1.807) is 0 Å². The number of carbonyl (C=O) groups excluding carboxylic acids is 1. The summed E-state index contributed by atoms with van der Waals surface area (Å²) in [4.78, 5) is 14.8. The Labute approximate surface area is 215 Å². The zero-order valence-corrected chi connectivity index (χ0v) is 22.3. The molecule has 2 aromatic rings. The molecule has 2 atom stereocenters. The van der Waals surface area contributed by atoms with E-state index in [0.717, 1.165) is 25.9 Å². The third kappa shape index (κ3) is 13.1. The van der Waals surface area contributed by atoms with Crippen molar-refractivity contribution in [2.24, 2.45) is 0 Å². The first-order valence-electron chi connectivity index (χ1n) is 14.1. The molecule has 0 aliphatic carbocycles. The lowest BCUT2D eigenvalue weighted by molar-refractivity contribution is -0.120. The number of ketones is 1. The topological polar surface area (TPSA) is 40.5 Å². The largest absolute Gasteiger partial charge is 0.391 e. The van der Waals surface area contributed by atoms with E-state index in [-0.39, 0.29) is 6.04 Å². The van der Waals surface area contributed by atoms with Crippen LogP contribution in [0.3, 0.4) is 0 Å². The van der Waals surface area contributed by atoms with E-state index >= 15 is 0 Å². The van der Waals surface area contributed by atoms with Gasteiger partial charge in [-0.2, -0.15) is 0 Å². The predicted octanol–water partition coefficient (Wildman–Crippen LogP) is 8.10. The summed E-state index contributed by atoms with van der Waals surface area (Å²) < 4.78 is 0. The molecule has 0 fully saturated rings. The lowest BCUT2D eigenvalue weighted by atomic mass is 10.00. The first kappa shape index (κ1) is 29.3. The van der Waals surface area contributed by atoms with Gasteiger partial charge in [-0.25, -0.2) is 0 Å². The summed E-state index contributed by atoms with van der Waals surface area (Å²) >= 11 is 0. The fourth-order valence-corrected chi connectivity index (χ4v) is 4.71. The van der Waals surface area contributed by atoms with Crippen LogP contribution in [-0.4, -0.2) is 27.9 Å². The molecule has 0 heterocycles. The van der Waals surface area contributed by atoms with Gasteiger partial charge < -0.3 is 5.11 Å². The molecular formula is C32H49NO2. The highest BCUT2D eigenvalue weighted by molar-refractivity contribution is 5.78. The number of nitrogens with zero attached hydrogens (tertiary/aromatic N) is 1. The van der Waals surface area contributed by atoms with Crippen LogP contribution in [0.2, 0.25) is 0 Å². The molecule has 194 valence electrons. The van der Waals surface area contributed by atoms with E-state index in [2.05, 4.69) is 67.3 Å². The average molecular weight is 480 g/mol. The highest BCUT2D eigenvalue weighted by Gasteiger charge is 2.23. The Hall–Kier alpha value is -1.97. The van der Waals surface area contributed by atoms with Crippen LogP contribution in [0.25, 0.3) is 0 Å². The molecule has 2 rings (SSSR count). The van der Waals surface area contributed by atoms with Gasteiger partial charge in [0.05, 0.1) is 6.10 Å². The molecule has 0 saturated heterocycles. The van der Waals surface area contributed by atoms with Gasteiger partial charge in [0.25, 0.3) is 0 Å². The van der Waals surface area contributed by atoms with Crippen molar-refractivity contribution >= 4 is 5.78 Å². The number of Topliss-reactive ketones (excluding diaryl/α,β-unsaturated/α-hetero) is 1. The third-order valence-corrected chi connectivity index (χ3v) is 7.12. The Morgan fingerprint density at radius 2 is 1.17 bits per heavy atom. The summed E-state index contributed by atoms with van der Waals surface area (Å²) in [5.41, 5.74) is 2.47. The first-order valence-corrected chi connectivity index (χ1v) is 14.1. The summed E-state index contributed by atoms with van der Waals surface area (Å²) in [5, 5.41) is 10.9. The summed E-state index contributed by atoms with van der Waals surface area (Å²) in [6.07, 6.45) is 14.0. The third-order valence-electron chi connectivity index (χ3n) is 7.12. The molecule has 0 aromatic heterocycles. The smallest absolute Gasteiger partial charge is 0.133 e. The van der Waals surface area contributed by atoms with Crippen LogP contribution in [0.1, 0.15) is 108 Å². The van der Waals surface area contributed by atoms with Crippen molar-refractivity contribution in [1.82, 2.24) is 4.90 Å². The zero-order valence-electron chi connectivity index (χ0n) is 22.3. The molecule has 0 aliphatic rings.